The van der Waals surface area contributed by atoms with Crippen LogP contribution in [-0.4, -0.2) is 100 Å². The van der Waals surface area contributed by atoms with Gasteiger partial charge in [-0.1, -0.05) is 98.9 Å². The van der Waals surface area contributed by atoms with Crippen LogP contribution in [0.1, 0.15) is 62.6 Å². The molecule has 3 amide bonds. The molecule has 1 aliphatic carbocycles. The molecule has 6 rings (SSSR count). The number of hydrogen-bond acceptors (Lipinski definition) is 8. The molecule has 1 saturated carbocycles. The van der Waals surface area contributed by atoms with Crippen LogP contribution in [-0.2, 0) is 27.8 Å². The summed E-state index contributed by atoms with van der Waals surface area (Å²) in [7, 11) is -4.06. The molecule has 3 aromatic carbocycles. The topological polar surface area (TPSA) is 156 Å². The van der Waals surface area contributed by atoms with Gasteiger partial charge >= 0.3 is 6.03 Å². The number of nitrogens with one attached hydrogen (secondary N) is 1. The summed E-state index contributed by atoms with van der Waals surface area (Å²) in [4.78, 5) is 36.4. The molecule has 2 heterocycles. The number of aromatic nitrogens is 1. The standard InChI is InChI=1S/C42H52N6O6S/c1-3-30(2)40(48-24-23-46(42(48)51)28-34-21-22-43-37-16-10-9-15-36(34)37)41(50)45-38(25-31-11-5-4-6-12-31)39(49)29-47(27-33-13-7-8-14-33)55(53,54)35-19-17-32(18-20-35)26-44-52/h4-6,9-12,15-22,26,30,33,38-40,49,52H,3,7-8,13-14,23-25,27-29H2,1-2H3,(H,45,50)/t30-,38-,39-,40-/m0/s1. The monoisotopic (exact) mass is 768 g/mol. The quantitative estimate of drug-likeness (QED) is 0.0711. The molecule has 55 heavy (non-hydrogen) atoms. The third-order valence-corrected chi connectivity index (χ3v) is 13.0. The number of benzene rings is 3. The Hall–Kier alpha value is -4.85. The van der Waals surface area contributed by atoms with Crippen molar-refractivity contribution in [3.05, 3.63) is 108 Å². The summed E-state index contributed by atoms with van der Waals surface area (Å²) in [6.07, 6.45) is 6.41. The number of hydrogen-bond donors (Lipinski definition) is 3. The minimum Gasteiger partial charge on any atom is -0.411 e. The third kappa shape index (κ3) is 9.52. The number of para-hydroxylation sites is 1. The number of carbonyl (C=O) groups is 2. The maximum absolute atomic E-state index is 14.5. The molecule has 0 radical (unpaired) electrons. The molecule has 1 aliphatic heterocycles. The molecule has 2 aliphatic rings. The molecule has 13 heteroatoms. The number of pyridine rings is 1. The minimum atomic E-state index is -4.06. The highest BCUT2D eigenvalue weighted by atomic mass is 32.2. The van der Waals surface area contributed by atoms with Crippen LogP contribution in [0.4, 0.5) is 4.79 Å². The minimum absolute atomic E-state index is 0.0603. The van der Waals surface area contributed by atoms with Crippen molar-refractivity contribution < 1.29 is 28.3 Å². The van der Waals surface area contributed by atoms with E-state index in [1.807, 2.05) is 74.5 Å². The Balaban J connectivity index is 1.24. The van der Waals surface area contributed by atoms with Crippen LogP contribution in [0.2, 0.25) is 0 Å². The number of fused-ring (bicyclic) bond motifs is 1. The number of aliphatic hydroxyl groups is 1. The fraction of sp³-hybridized carbons (Fsp3) is 0.429. The Kier molecular flexibility index (Phi) is 13.2. The van der Waals surface area contributed by atoms with Gasteiger partial charge in [0.25, 0.3) is 0 Å². The number of nitrogens with zero attached hydrogens (tertiary/aromatic N) is 5. The number of sulfonamides is 1. The number of carbonyl (C=O) groups excluding carboxylic acids is 2. The van der Waals surface area contributed by atoms with Crippen LogP contribution in [0.25, 0.3) is 10.9 Å². The molecule has 3 N–H and O–H groups in total. The highest BCUT2D eigenvalue weighted by molar-refractivity contribution is 7.89. The van der Waals surface area contributed by atoms with Gasteiger partial charge in [0.15, 0.2) is 0 Å². The van der Waals surface area contributed by atoms with Crippen molar-refractivity contribution in [1.82, 2.24) is 24.4 Å². The van der Waals surface area contributed by atoms with Crippen LogP contribution in [0, 0.1) is 11.8 Å². The lowest BCUT2D eigenvalue weighted by Gasteiger charge is -2.35. The smallest absolute Gasteiger partial charge is 0.321 e. The molecular formula is C42H52N6O6S. The van der Waals surface area contributed by atoms with Crippen molar-refractivity contribution in [3.63, 3.8) is 0 Å². The predicted molar refractivity (Wildman–Crippen MR) is 212 cm³/mol. The Bertz CT molecular complexity index is 2040. The van der Waals surface area contributed by atoms with E-state index in [9.17, 15) is 23.1 Å². The van der Waals surface area contributed by atoms with Gasteiger partial charge in [-0.25, -0.2) is 13.2 Å². The summed E-state index contributed by atoms with van der Waals surface area (Å²) in [5, 5.41) is 28.1. The first-order chi connectivity index (χ1) is 26.6. The zero-order chi connectivity index (χ0) is 39.0. The molecule has 0 spiro atoms. The lowest BCUT2D eigenvalue weighted by molar-refractivity contribution is -0.128. The summed E-state index contributed by atoms with van der Waals surface area (Å²) in [5.74, 6) is -0.433. The SMILES string of the molecule is CC[C@H](C)[C@@H](C(=O)N[C@@H](Cc1ccccc1)[C@@H](O)CN(CC1CCCC1)S(=O)(=O)c1ccc(C=NO)cc1)N1CCN(Cc2ccnc3ccccc23)C1=O. The molecule has 2 fully saturated rings. The molecule has 12 nitrogen and oxygen atoms in total. The Morgan fingerprint density at radius 1 is 1.02 bits per heavy atom. The number of oxime groups is 1. The van der Waals surface area contributed by atoms with E-state index < -0.39 is 28.2 Å². The van der Waals surface area contributed by atoms with Gasteiger partial charge in [-0.2, -0.15) is 4.31 Å². The first-order valence-electron chi connectivity index (χ1n) is 19.3. The highest BCUT2D eigenvalue weighted by Gasteiger charge is 2.41. The fourth-order valence-electron chi connectivity index (χ4n) is 7.88. The van der Waals surface area contributed by atoms with E-state index in [2.05, 4.69) is 15.5 Å². The summed E-state index contributed by atoms with van der Waals surface area (Å²) in [6.45, 7) is 5.14. The molecule has 292 valence electrons. The van der Waals surface area contributed by atoms with Crippen LogP contribution >= 0.6 is 0 Å². The molecular weight excluding hydrogens is 717 g/mol. The van der Waals surface area contributed by atoms with Gasteiger partial charge in [-0.15, -0.1) is 0 Å². The fourth-order valence-corrected chi connectivity index (χ4v) is 9.42. The van der Waals surface area contributed by atoms with Crippen molar-refractivity contribution in [2.24, 2.45) is 17.0 Å². The van der Waals surface area contributed by atoms with E-state index in [1.54, 1.807) is 28.1 Å². The third-order valence-electron chi connectivity index (χ3n) is 11.2. The molecule has 0 bridgehead atoms. The maximum atomic E-state index is 14.5. The summed E-state index contributed by atoms with van der Waals surface area (Å²) in [5.41, 5.74) is 3.23. The molecule has 4 aromatic rings. The molecule has 1 aromatic heterocycles. The van der Waals surface area contributed by atoms with Crippen LogP contribution in [0.5, 0.6) is 0 Å². The average Bonchev–Trinajstić information content (AvgIpc) is 3.84. The van der Waals surface area contributed by atoms with Gasteiger partial charge in [0.2, 0.25) is 15.9 Å². The highest BCUT2D eigenvalue weighted by Crippen LogP contribution is 2.29. The molecule has 4 atom stereocenters. The molecule has 0 unspecified atom stereocenters. The largest absolute Gasteiger partial charge is 0.411 e. The van der Waals surface area contributed by atoms with Gasteiger partial charge in [0.1, 0.15) is 6.04 Å². The predicted octanol–water partition coefficient (Wildman–Crippen LogP) is 5.66. The lowest BCUT2D eigenvalue weighted by atomic mass is 9.95. The zero-order valence-electron chi connectivity index (χ0n) is 31.6. The number of urea groups is 1. The van der Waals surface area contributed by atoms with Gasteiger partial charge in [0, 0.05) is 44.3 Å². The number of amides is 3. The average molecular weight is 769 g/mol. The first-order valence-corrected chi connectivity index (χ1v) is 20.7. The van der Waals surface area contributed by atoms with Gasteiger partial charge < -0.3 is 25.4 Å². The van der Waals surface area contributed by atoms with E-state index in [-0.39, 0.29) is 48.2 Å². The van der Waals surface area contributed by atoms with E-state index in [0.29, 0.717) is 31.6 Å². The first kappa shape index (κ1) is 39.8. The number of aliphatic hydroxyl groups excluding tert-OH is 1. The van der Waals surface area contributed by atoms with E-state index in [4.69, 9.17) is 5.21 Å². The molecule has 1 saturated heterocycles. The Morgan fingerprint density at radius 3 is 2.44 bits per heavy atom. The van der Waals surface area contributed by atoms with Crippen molar-refractivity contribution in [3.8, 4) is 0 Å². The second kappa shape index (κ2) is 18.2. The summed E-state index contributed by atoms with van der Waals surface area (Å²) >= 11 is 0. The second-order valence-corrected chi connectivity index (χ2v) is 16.8. The van der Waals surface area contributed by atoms with E-state index >= 15 is 0 Å². The lowest BCUT2D eigenvalue weighted by Crippen LogP contribution is -2.57. The van der Waals surface area contributed by atoms with Gasteiger partial charge in [-0.3, -0.25) is 9.78 Å². The second-order valence-electron chi connectivity index (χ2n) is 14.9. The summed E-state index contributed by atoms with van der Waals surface area (Å²) < 4.78 is 29.8. The van der Waals surface area contributed by atoms with Crippen LogP contribution in [0.3, 0.4) is 0 Å². The van der Waals surface area contributed by atoms with Gasteiger partial charge in [0.05, 0.1) is 28.8 Å². The van der Waals surface area contributed by atoms with Crippen molar-refractivity contribution in [2.45, 2.75) is 82.0 Å². The van der Waals surface area contributed by atoms with Gasteiger partial charge in [-0.05, 0) is 72.1 Å². The summed E-state index contributed by atoms with van der Waals surface area (Å²) in [6, 6.07) is 23.4. The van der Waals surface area contributed by atoms with E-state index in [1.165, 1.54) is 22.7 Å². The zero-order valence-corrected chi connectivity index (χ0v) is 32.4. The van der Waals surface area contributed by atoms with Crippen molar-refractivity contribution in [1.29, 1.82) is 0 Å². The normalized spacial score (nSPS) is 17.6. The Morgan fingerprint density at radius 2 is 1.73 bits per heavy atom. The van der Waals surface area contributed by atoms with Crippen molar-refractivity contribution in [2.75, 3.05) is 26.2 Å². The van der Waals surface area contributed by atoms with Crippen LogP contribution in [0.15, 0.2) is 101 Å². The Labute approximate surface area is 323 Å². The van der Waals surface area contributed by atoms with Crippen LogP contribution < -0.4 is 5.32 Å². The van der Waals surface area contributed by atoms with E-state index in [0.717, 1.165) is 47.7 Å². The van der Waals surface area contributed by atoms with Crippen molar-refractivity contribution >= 4 is 39.1 Å². The maximum Gasteiger partial charge on any atom is 0.321 e. The number of rotatable bonds is 17.